The average Bonchev–Trinajstić information content (AvgIpc) is 2.59. The van der Waals surface area contributed by atoms with Crippen molar-refractivity contribution in [2.75, 3.05) is 17.7 Å². The summed E-state index contributed by atoms with van der Waals surface area (Å²) in [6.45, 7) is 5.53. The van der Waals surface area contributed by atoms with E-state index in [2.05, 4.69) is 11.9 Å². The molecular formula is C18H18N2O4. The number of amides is 1. The standard InChI is InChI=1S/C18H18N2O4/c1-3-17(21)24-15-11-14(16(23-4-2)10-13(15)19)20-18(22)12-8-6-5-7-9-12/h3,5-11H,1,4,19H2,2H3,(H,20,22). The second-order valence-electron chi connectivity index (χ2n) is 4.76. The zero-order valence-corrected chi connectivity index (χ0v) is 13.2. The summed E-state index contributed by atoms with van der Waals surface area (Å²) < 4.78 is 10.6. The lowest BCUT2D eigenvalue weighted by atomic mass is 10.2. The number of esters is 1. The molecule has 1 amide bonds. The molecule has 24 heavy (non-hydrogen) atoms. The molecule has 0 aliphatic rings. The maximum atomic E-state index is 12.3. The molecule has 6 nitrogen and oxygen atoms in total. The quantitative estimate of drug-likeness (QED) is 0.368. The maximum Gasteiger partial charge on any atom is 0.335 e. The first kappa shape index (κ1) is 17.1. The lowest BCUT2D eigenvalue weighted by molar-refractivity contribution is -0.128. The summed E-state index contributed by atoms with van der Waals surface area (Å²) in [5.41, 5.74) is 6.92. The van der Waals surface area contributed by atoms with Gasteiger partial charge in [0, 0.05) is 23.8 Å². The van der Waals surface area contributed by atoms with E-state index < -0.39 is 5.97 Å². The van der Waals surface area contributed by atoms with Crippen LogP contribution in [0.4, 0.5) is 11.4 Å². The topological polar surface area (TPSA) is 90.6 Å². The van der Waals surface area contributed by atoms with Gasteiger partial charge in [0.2, 0.25) is 0 Å². The summed E-state index contributed by atoms with van der Waals surface area (Å²) in [4.78, 5) is 23.7. The number of nitrogen functional groups attached to an aromatic ring is 1. The Morgan fingerprint density at radius 3 is 2.54 bits per heavy atom. The molecule has 0 fully saturated rings. The van der Waals surface area contributed by atoms with Crippen LogP contribution in [0, 0.1) is 0 Å². The highest BCUT2D eigenvalue weighted by Gasteiger charge is 2.15. The summed E-state index contributed by atoms with van der Waals surface area (Å²) in [7, 11) is 0. The Labute approximate surface area is 139 Å². The summed E-state index contributed by atoms with van der Waals surface area (Å²) in [6.07, 6.45) is 1.03. The van der Waals surface area contributed by atoms with Gasteiger partial charge in [-0.3, -0.25) is 4.79 Å². The predicted molar refractivity (Wildman–Crippen MR) is 92.3 cm³/mol. The molecule has 124 valence electrons. The van der Waals surface area contributed by atoms with Gasteiger partial charge in [0.1, 0.15) is 5.75 Å². The van der Waals surface area contributed by atoms with Crippen LogP contribution in [0.3, 0.4) is 0 Å². The molecular weight excluding hydrogens is 308 g/mol. The van der Waals surface area contributed by atoms with Gasteiger partial charge in [0.25, 0.3) is 5.91 Å². The van der Waals surface area contributed by atoms with Crippen LogP contribution in [-0.2, 0) is 4.79 Å². The Kier molecular flexibility index (Phi) is 5.57. The van der Waals surface area contributed by atoms with Gasteiger partial charge in [-0.25, -0.2) is 4.79 Å². The normalized spacial score (nSPS) is 9.88. The first-order valence-electron chi connectivity index (χ1n) is 7.32. The molecule has 2 aromatic carbocycles. The highest BCUT2D eigenvalue weighted by atomic mass is 16.5. The van der Waals surface area contributed by atoms with Crippen molar-refractivity contribution in [2.24, 2.45) is 0 Å². The van der Waals surface area contributed by atoms with Crippen LogP contribution in [0.2, 0.25) is 0 Å². The van der Waals surface area contributed by atoms with E-state index in [0.717, 1.165) is 6.08 Å². The van der Waals surface area contributed by atoms with Crippen LogP contribution in [0.5, 0.6) is 11.5 Å². The third kappa shape index (κ3) is 4.13. The van der Waals surface area contributed by atoms with Gasteiger partial charge in [-0.1, -0.05) is 24.8 Å². The Hall–Kier alpha value is -3.28. The lowest BCUT2D eigenvalue weighted by Crippen LogP contribution is -2.14. The number of anilines is 2. The molecule has 0 unspecified atom stereocenters. The number of nitrogens with one attached hydrogen (secondary N) is 1. The number of rotatable bonds is 6. The van der Waals surface area contributed by atoms with Gasteiger partial charge in [-0.05, 0) is 19.1 Å². The van der Waals surface area contributed by atoms with E-state index in [1.54, 1.807) is 24.3 Å². The molecule has 0 radical (unpaired) electrons. The Morgan fingerprint density at radius 2 is 1.92 bits per heavy atom. The molecule has 0 spiro atoms. The monoisotopic (exact) mass is 326 g/mol. The van der Waals surface area contributed by atoms with Crippen molar-refractivity contribution in [1.82, 2.24) is 0 Å². The van der Waals surface area contributed by atoms with Crippen molar-refractivity contribution in [3.05, 3.63) is 60.7 Å². The number of carbonyl (C=O) groups excluding carboxylic acids is 2. The highest BCUT2D eigenvalue weighted by molar-refractivity contribution is 6.05. The summed E-state index contributed by atoms with van der Waals surface area (Å²) in [6, 6.07) is 11.7. The minimum absolute atomic E-state index is 0.117. The van der Waals surface area contributed by atoms with Crippen LogP contribution in [0.15, 0.2) is 55.1 Å². The summed E-state index contributed by atoms with van der Waals surface area (Å²) in [5.74, 6) is -0.460. The molecule has 0 saturated heterocycles. The highest BCUT2D eigenvalue weighted by Crippen LogP contribution is 2.35. The third-order valence-corrected chi connectivity index (χ3v) is 3.07. The Balaban J connectivity index is 2.34. The van der Waals surface area contributed by atoms with E-state index in [4.69, 9.17) is 15.2 Å². The van der Waals surface area contributed by atoms with Crippen molar-refractivity contribution in [3.8, 4) is 11.5 Å². The van der Waals surface area contributed by atoms with Gasteiger partial charge in [0.15, 0.2) is 5.75 Å². The van der Waals surface area contributed by atoms with Crippen LogP contribution in [-0.4, -0.2) is 18.5 Å². The van der Waals surface area contributed by atoms with E-state index in [1.165, 1.54) is 12.1 Å². The van der Waals surface area contributed by atoms with Gasteiger partial charge in [-0.2, -0.15) is 0 Å². The molecule has 0 bridgehead atoms. The smallest absolute Gasteiger partial charge is 0.335 e. The Morgan fingerprint density at radius 1 is 1.21 bits per heavy atom. The molecule has 0 aromatic heterocycles. The predicted octanol–water partition coefficient (Wildman–Crippen LogP) is 3.01. The van der Waals surface area contributed by atoms with E-state index in [-0.39, 0.29) is 17.3 Å². The summed E-state index contributed by atoms with van der Waals surface area (Å²) in [5, 5.41) is 2.73. The fourth-order valence-corrected chi connectivity index (χ4v) is 1.97. The van der Waals surface area contributed by atoms with Gasteiger partial charge >= 0.3 is 5.97 Å². The Bertz CT molecular complexity index is 757. The van der Waals surface area contributed by atoms with Crippen molar-refractivity contribution >= 4 is 23.3 Å². The molecule has 0 heterocycles. The molecule has 2 rings (SSSR count). The van der Waals surface area contributed by atoms with Gasteiger partial charge in [0.05, 0.1) is 18.0 Å². The first-order chi connectivity index (χ1) is 11.5. The number of hydrogen-bond acceptors (Lipinski definition) is 5. The first-order valence-corrected chi connectivity index (χ1v) is 7.32. The fraction of sp³-hybridized carbons (Fsp3) is 0.111. The van der Waals surface area contributed by atoms with E-state index >= 15 is 0 Å². The zero-order chi connectivity index (χ0) is 17.5. The minimum Gasteiger partial charge on any atom is -0.492 e. The van der Waals surface area contributed by atoms with Crippen molar-refractivity contribution < 1.29 is 19.1 Å². The molecule has 2 aromatic rings. The number of nitrogens with two attached hydrogens (primary N) is 1. The second kappa shape index (κ2) is 7.82. The fourth-order valence-electron chi connectivity index (χ4n) is 1.97. The number of hydrogen-bond donors (Lipinski definition) is 2. The largest absolute Gasteiger partial charge is 0.492 e. The summed E-state index contributed by atoms with van der Waals surface area (Å²) >= 11 is 0. The molecule has 0 saturated carbocycles. The van der Waals surface area contributed by atoms with E-state index in [0.29, 0.717) is 23.6 Å². The number of ether oxygens (including phenoxy) is 2. The molecule has 3 N–H and O–H groups in total. The number of benzene rings is 2. The maximum absolute atomic E-state index is 12.3. The molecule has 6 heteroatoms. The van der Waals surface area contributed by atoms with Crippen LogP contribution in [0.25, 0.3) is 0 Å². The molecule has 0 aliphatic heterocycles. The lowest BCUT2D eigenvalue weighted by Gasteiger charge is -2.15. The van der Waals surface area contributed by atoms with Crippen molar-refractivity contribution in [2.45, 2.75) is 6.92 Å². The molecule has 0 atom stereocenters. The van der Waals surface area contributed by atoms with E-state index in [9.17, 15) is 9.59 Å². The molecule has 0 aliphatic carbocycles. The zero-order valence-electron chi connectivity index (χ0n) is 13.2. The minimum atomic E-state index is -0.647. The second-order valence-corrected chi connectivity index (χ2v) is 4.76. The van der Waals surface area contributed by atoms with Crippen molar-refractivity contribution in [3.63, 3.8) is 0 Å². The van der Waals surface area contributed by atoms with Crippen LogP contribution < -0.4 is 20.5 Å². The van der Waals surface area contributed by atoms with Gasteiger partial charge in [-0.15, -0.1) is 0 Å². The third-order valence-electron chi connectivity index (χ3n) is 3.07. The number of carbonyl (C=O) groups is 2. The van der Waals surface area contributed by atoms with Gasteiger partial charge < -0.3 is 20.5 Å². The van der Waals surface area contributed by atoms with Crippen LogP contribution >= 0.6 is 0 Å². The SMILES string of the molecule is C=CC(=O)Oc1cc(NC(=O)c2ccccc2)c(OCC)cc1N. The van der Waals surface area contributed by atoms with Crippen molar-refractivity contribution in [1.29, 1.82) is 0 Å². The van der Waals surface area contributed by atoms with Crippen LogP contribution in [0.1, 0.15) is 17.3 Å². The van der Waals surface area contributed by atoms with E-state index in [1.807, 2.05) is 13.0 Å². The average molecular weight is 326 g/mol.